The average molecular weight is 606 g/mol. The predicted molar refractivity (Wildman–Crippen MR) is 144 cm³/mol. The summed E-state index contributed by atoms with van der Waals surface area (Å²) in [5.74, 6) is -1.50. The summed E-state index contributed by atoms with van der Waals surface area (Å²) in [7, 11) is 0. The van der Waals surface area contributed by atoms with Gasteiger partial charge in [-0.05, 0) is 79.1 Å². The molecule has 0 aliphatic carbocycles. The Morgan fingerprint density at radius 2 is 1.23 bits per heavy atom. The monoisotopic (exact) mass is 605 g/mol. The third kappa shape index (κ3) is 6.60. The number of amides is 1. The molecule has 0 aliphatic rings. The van der Waals surface area contributed by atoms with Crippen LogP contribution in [0.15, 0.2) is 84.9 Å². The van der Waals surface area contributed by atoms with Crippen molar-refractivity contribution >= 4 is 17.4 Å². The van der Waals surface area contributed by atoms with E-state index in [1.54, 1.807) is 0 Å². The van der Waals surface area contributed by atoms with Gasteiger partial charge in [0.2, 0.25) is 0 Å². The Kier molecular flexibility index (Phi) is 8.49. The van der Waals surface area contributed by atoms with Crippen LogP contribution in [0.25, 0.3) is 0 Å². The maximum Gasteiger partial charge on any atom is 0.431 e. The van der Waals surface area contributed by atoms with E-state index < -0.39 is 52.2 Å². The van der Waals surface area contributed by atoms with Crippen molar-refractivity contribution in [3.8, 4) is 0 Å². The van der Waals surface area contributed by atoms with Gasteiger partial charge < -0.3 is 5.32 Å². The Morgan fingerprint density at radius 1 is 0.674 bits per heavy atom. The van der Waals surface area contributed by atoms with Gasteiger partial charge in [0.1, 0.15) is 5.82 Å². The topological polar surface area (TPSA) is 46.2 Å². The normalized spacial score (nSPS) is 13.3. The van der Waals surface area contributed by atoms with Gasteiger partial charge in [-0.2, -0.15) is 26.3 Å². The van der Waals surface area contributed by atoms with Crippen molar-refractivity contribution in [3.05, 3.63) is 135 Å². The number of anilines is 1. The van der Waals surface area contributed by atoms with Crippen LogP contribution in [0, 0.1) is 19.7 Å². The molecule has 0 fully saturated rings. The van der Waals surface area contributed by atoms with Gasteiger partial charge in [0, 0.05) is 34.4 Å². The van der Waals surface area contributed by atoms with E-state index in [-0.39, 0.29) is 34.4 Å². The molecule has 0 aromatic heterocycles. The van der Waals surface area contributed by atoms with E-state index in [9.17, 15) is 40.3 Å². The van der Waals surface area contributed by atoms with E-state index in [4.69, 9.17) is 0 Å². The molecule has 43 heavy (non-hydrogen) atoms. The molecule has 0 aliphatic heterocycles. The molecule has 0 saturated carbocycles. The smallest absolute Gasteiger partial charge is 0.322 e. The molecule has 11 heteroatoms. The lowest BCUT2D eigenvalue weighted by atomic mass is 9.83. The molecule has 4 rings (SSSR count). The predicted octanol–water partition coefficient (Wildman–Crippen LogP) is 8.91. The van der Waals surface area contributed by atoms with Crippen LogP contribution >= 0.6 is 0 Å². The molecule has 3 nitrogen and oxygen atoms in total. The first-order valence-electron chi connectivity index (χ1n) is 12.7. The van der Waals surface area contributed by atoms with Gasteiger partial charge in [0.05, 0.1) is 5.56 Å². The molecule has 1 amide bonds. The Morgan fingerprint density at radius 3 is 1.77 bits per heavy atom. The SMILES string of the molecule is Cc1cc(C(F)(c2ccc(C(F)(F)F)cc2)C(F)(F)F)cc(C)c1CC(=O)c1cccc(NC(=O)c2ccc(F)cc2)c1. The van der Waals surface area contributed by atoms with Crippen molar-refractivity contribution in [1.82, 2.24) is 0 Å². The summed E-state index contributed by atoms with van der Waals surface area (Å²) in [4.78, 5) is 25.6. The quantitative estimate of drug-likeness (QED) is 0.169. The molecule has 4 aromatic rings. The lowest BCUT2D eigenvalue weighted by Gasteiger charge is -2.30. The van der Waals surface area contributed by atoms with Crippen molar-refractivity contribution in [3.63, 3.8) is 0 Å². The van der Waals surface area contributed by atoms with E-state index in [0.29, 0.717) is 29.8 Å². The van der Waals surface area contributed by atoms with E-state index in [1.165, 1.54) is 50.2 Å². The van der Waals surface area contributed by atoms with Crippen molar-refractivity contribution in [2.45, 2.75) is 38.3 Å². The fourth-order valence-corrected chi connectivity index (χ4v) is 4.69. The van der Waals surface area contributed by atoms with Crippen LogP contribution in [-0.4, -0.2) is 17.9 Å². The molecular formula is C32H23F8NO2. The molecule has 224 valence electrons. The zero-order chi connectivity index (χ0) is 31.7. The zero-order valence-electron chi connectivity index (χ0n) is 22.6. The van der Waals surface area contributed by atoms with Crippen molar-refractivity contribution in [2.75, 3.05) is 5.32 Å². The Balaban J connectivity index is 1.60. The third-order valence-corrected chi connectivity index (χ3v) is 6.98. The standard InChI is InChI=1S/C32H23F8NO2/c1-18-14-24(30(34,32(38,39)40)22-8-10-23(11-9-22)31(35,36)37)15-19(2)27(18)17-28(42)21-4-3-5-26(16-21)41-29(43)20-6-12-25(33)13-7-20/h3-16H,17H2,1-2H3,(H,41,43). The second-order valence-corrected chi connectivity index (χ2v) is 9.96. The molecule has 0 radical (unpaired) electrons. The number of nitrogens with one attached hydrogen (secondary N) is 1. The lowest BCUT2D eigenvalue weighted by molar-refractivity contribution is -0.219. The van der Waals surface area contributed by atoms with Gasteiger partial charge in [-0.3, -0.25) is 9.59 Å². The number of aryl methyl sites for hydroxylation is 2. The van der Waals surface area contributed by atoms with Crippen LogP contribution in [0.3, 0.4) is 0 Å². The third-order valence-electron chi connectivity index (χ3n) is 6.98. The minimum atomic E-state index is -5.51. The molecular weight excluding hydrogens is 582 g/mol. The summed E-state index contributed by atoms with van der Waals surface area (Å²) in [5.41, 5.74) is -5.88. The van der Waals surface area contributed by atoms with Gasteiger partial charge in [-0.25, -0.2) is 8.78 Å². The van der Waals surface area contributed by atoms with Crippen LogP contribution in [0.1, 0.15) is 54.1 Å². The number of carbonyl (C=O) groups excluding carboxylic acids is 2. The molecule has 0 saturated heterocycles. The highest BCUT2D eigenvalue weighted by molar-refractivity contribution is 6.05. The number of alkyl halides is 7. The number of rotatable bonds is 7. The van der Waals surface area contributed by atoms with Crippen molar-refractivity contribution in [2.24, 2.45) is 0 Å². The Bertz CT molecular complexity index is 1640. The number of ketones is 1. The zero-order valence-corrected chi connectivity index (χ0v) is 22.6. The maximum absolute atomic E-state index is 16.0. The minimum Gasteiger partial charge on any atom is -0.322 e. The Hall–Kier alpha value is -4.54. The number of hydrogen-bond donors (Lipinski definition) is 1. The van der Waals surface area contributed by atoms with Crippen molar-refractivity contribution in [1.29, 1.82) is 0 Å². The van der Waals surface area contributed by atoms with Crippen LogP contribution in [0.5, 0.6) is 0 Å². The first-order valence-corrected chi connectivity index (χ1v) is 12.7. The number of Topliss-reactive ketones (excluding diaryl/α,β-unsaturated/α-hetero) is 1. The molecule has 1 atom stereocenters. The second-order valence-electron chi connectivity index (χ2n) is 9.96. The van der Waals surface area contributed by atoms with Gasteiger partial charge in [-0.15, -0.1) is 0 Å². The number of benzene rings is 4. The summed E-state index contributed by atoms with van der Waals surface area (Å²) >= 11 is 0. The van der Waals surface area contributed by atoms with E-state index in [2.05, 4.69) is 5.32 Å². The van der Waals surface area contributed by atoms with Crippen LogP contribution in [0.2, 0.25) is 0 Å². The molecule has 1 N–H and O–H groups in total. The maximum atomic E-state index is 16.0. The fraction of sp³-hybridized carbons (Fsp3) is 0.188. The summed E-state index contributed by atoms with van der Waals surface area (Å²) in [6, 6.07) is 14.3. The van der Waals surface area contributed by atoms with Gasteiger partial charge in [-0.1, -0.05) is 36.4 Å². The van der Waals surface area contributed by atoms with Crippen LogP contribution in [0.4, 0.5) is 40.8 Å². The number of hydrogen-bond acceptors (Lipinski definition) is 2. The summed E-state index contributed by atoms with van der Waals surface area (Å²) < 4.78 is 110. The molecule has 4 aromatic carbocycles. The van der Waals surface area contributed by atoms with E-state index in [1.807, 2.05) is 0 Å². The summed E-state index contributed by atoms with van der Waals surface area (Å²) in [5, 5.41) is 2.60. The first kappa shape index (κ1) is 31.4. The van der Waals surface area contributed by atoms with Gasteiger partial charge in [0.15, 0.2) is 5.78 Å². The Labute approximate surface area is 241 Å². The molecule has 0 spiro atoms. The highest BCUT2D eigenvalue weighted by Crippen LogP contribution is 2.49. The number of halogens is 8. The van der Waals surface area contributed by atoms with Crippen LogP contribution in [-0.2, 0) is 18.3 Å². The largest absolute Gasteiger partial charge is 0.431 e. The van der Waals surface area contributed by atoms with Crippen LogP contribution < -0.4 is 5.32 Å². The molecule has 0 heterocycles. The molecule has 0 bridgehead atoms. The minimum absolute atomic E-state index is 0.169. The number of carbonyl (C=O) groups is 2. The molecule has 1 unspecified atom stereocenters. The van der Waals surface area contributed by atoms with Gasteiger partial charge >= 0.3 is 12.4 Å². The van der Waals surface area contributed by atoms with Crippen molar-refractivity contribution < 1.29 is 44.7 Å². The highest BCUT2D eigenvalue weighted by atomic mass is 19.4. The van der Waals surface area contributed by atoms with Gasteiger partial charge in [0.25, 0.3) is 11.6 Å². The fourth-order valence-electron chi connectivity index (χ4n) is 4.69. The summed E-state index contributed by atoms with van der Waals surface area (Å²) in [6.07, 6.45) is -10.6. The summed E-state index contributed by atoms with van der Waals surface area (Å²) in [6.45, 7) is 2.81. The second kappa shape index (κ2) is 11.6. The van der Waals surface area contributed by atoms with E-state index in [0.717, 1.165) is 24.3 Å². The lowest BCUT2D eigenvalue weighted by Crippen LogP contribution is -2.39. The average Bonchev–Trinajstić information content (AvgIpc) is 2.93. The van der Waals surface area contributed by atoms with E-state index >= 15 is 4.39 Å². The highest BCUT2D eigenvalue weighted by Gasteiger charge is 2.58. The first-order chi connectivity index (χ1) is 20.0.